The first-order valence-corrected chi connectivity index (χ1v) is 6.69. The highest BCUT2D eigenvalue weighted by Crippen LogP contribution is 2.10. The second-order valence-electron chi connectivity index (χ2n) is 4.58. The zero-order chi connectivity index (χ0) is 13.2. The molecule has 18 heavy (non-hydrogen) atoms. The summed E-state index contributed by atoms with van der Waals surface area (Å²) in [6.07, 6.45) is 6.13. The van der Waals surface area contributed by atoms with Crippen LogP contribution in [0.1, 0.15) is 31.7 Å². The fourth-order valence-electron chi connectivity index (χ4n) is 2.00. The molecule has 0 spiro atoms. The van der Waals surface area contributed by atoms with Gasteiger partial charge in [0.1, 0.15) is 5.82 Å². The Kier molecular flexibility index (Phi) is 7.37. The Morgan fingerprint density at radius 3 is 3.00 bits per heavy atom. The Labute approximate surface area is 110 Å². The van der Waals surface area contributed by atoms with Crippen LogP contribution in [0.4, 0.5) is 5.82 Å². The minimum atomic E-state index is 0.488. The summed E-state index contributed by atoms with van der Waals surface area (Å²) >= 11 is 0. The fourth-order valence-corrected chi connectivity index (χ4v) is 2.00. The van der Waals surface area contributed by atoms with Crippen LogP contribution in [0.3, 0.4) is 0 Å². The van der Waals surface area contributed by atoms with E-state index in [2.05, 4.69) is 17.2 Å². The minimum Gasteiger partial charge on any atom is -0.385 e. The molecule has 0 aliphatic rings. The number of rotatable bonds is 9. The fraction of sp³-hybridized carbons (Fsp3) is 0.643. The molecule has 0 amide bonds. The number of ether oxygens (including phenoxy) is 1. The second kappa shape index (κ2) is 8.89. The van der Waals surface area contributed by atoms with Gasteiger partial charge in [-0.1, -0.05) is 6.92 Å². The summed E-state index contributed by atoms with van der Waals surface area (Å²) in [6, 6.07) is 4.48. The molecule has 1 heterocycles. The number of hydrogen-bond donors (Lipinski definition) is 2. The van der Waals surface area contributed by atoms with Crippen LogP contribution in [0.2, 0.25) is 0 Å². The normalized spacial score (nSPS) is 12.6. The monoisotopic (exact) mass is 251 g/mol. The molecule has 0 saturated carbocycles. The molecular weight excluding hydrogens is 226 g/mol. The summed E-state index contributed by atoms with van der Waals surface area (Å²) in [4.78, 5) is 4.02. The first-order chi connectivity index (χ1) is 8.76. The van der Waals surface area contributed by atoms with E-state index < -0.39 is 0 Å². The number of aromatic nitrogens is 1. The van der Waals surface area contributed by atoms with Gasteiger partial charge in [0.15, 0.2) is 0 Å². The number of nitrogens with one attached hydrogen (secondary N) is 1. The number of hydrogen-bond acceptors (Lipinski definition) is 4. The van der Waals surface area contributed by atoms with Crippen molar-refractivity contribution in [2.24, 2.45) is 0 Å². The highest BCUT2D eigenvalue weighted by Gasteiger charge is 2.09. The molecule has 102 valence electrons. The van der Waals surface area contributed by atoms with Gasteiger partial charge < -0.3 is 15.8 Å². The first-order valence-electron chi connectivity index (χ1n) is 6.69. The summed E-state index contributed by atoms with van der Waals surface area (Å²) in [5.74, 6) is 0.596. The standard InChI is InChI=1S/C14H25N3O/c1-3-7-16-13(5-4-9-18-2)10-12-6-8-17-14(15)11-12/h6,8,11,13,16H,3-5,7,9-10H2,1-2H3,(H2,15,17). The van der Waals surface area contributed by atoms with Crippen LogP contribution < -0.4 is 11.1 Å². The summed E-state index contributed by atoms with van der Waals surface area (Å²) in [6.45, 7) is 4.06. The van der Waals surface area contributed by atoms with E-state index in [9.17, 15) is 0 Å². The van der Waals surface area contributed by atoms with Crippen molar-refractivity contribution < 1.29 is 4.74 Å². The highest BCUT2D eigenvalue weighted by atomic mass is 16.5. The van der Waals surface area contributed by atoms with Crippen molar-refractivity contribution in [3.8, 4) is 0 Å². The Balaban J connectivity index is 2.48. The van der Waals surface area contributed by atoms with Crippen LogP contribution in [0.25, 0.3) is 0 Å². The number of nitrogens with two attached hydrogens (primary N) is 1. The van der Waals surface area contributed by atoms with Crippen molar-refractivity contribution in [1.82, 2.24) is 10.3 Å². The maximum Gasteiger partial charge on any atom is 0.123 e. The maximum absolute atomic E-state index is 5.70. The molecule has 1 aromatic rings. The summed E-state index contributed by atoms with van der Waals surface area (Å²) in [7, 11) is 1.75. The van der Waals surface area contributed by atoms with Crippen LogP contribution >= 0.6 is 0 Å². The molecular formula is C14H25N3O. The summed E-state index contributed by atoms with van der Waals surface area (Å²) < 4.78 is 5.11. The molecule has 0 aliphatic carbocycles. The van der Waals surface area contributed by atoms with Gasteiger partial charge in [-0.2, -0.15) is 0 Å². The van der Waals surface area contributed by atoms with E-state index in [4.69, 9.17) is 10.5 Å². The van der Waals surface area contributed by atoms with Gasteiger partial charge in [0.2, 0.25) is 0 Å². The van der Waals surface area contributed by atoms with Crippen LogP contribution in [-0.2, 0) is 11.2 Å². The highest BCUT2D eigenvalue weighted by molar-refractivity contribution is 5.32. The lowest BCUT2D eigenvalue weighted by Gasteiger charge is -2.18. The Hall–Kier alpha value is -1.13. The van der Waals surface area contributed by atoms with Crippen molar-refractivity contribution in [3.63, 3.8) is 0 Å². The molecule has 0 aromatic carbocycles. The third-order valence-electron chi connectivity index (χ3n) is 2.91. The van der Waals surface area contributed by atoms with E-state index in [1.165, 1.54) is 5.56 Å². The van der Waals surface area contributed by atoms with Gasteiger partial charge in [-0.05, 0) is 49.9 Å². The van der Waals surface area contributed by atoms with E-state index in [1.807, 2.05) is 12.1 Å². The second-order valence-corrected chi connectivity index (χ2v) is 4.58. The molecule has 0 saturated heterocycles. The smallest absolute Gasteiger partial charge is 0.123 e. The molecule has 0 fully saturated rings. The van der Waals surface area contributed by atoms with Crippen LogP contribution in [-0.4, -0.2) is 31.3 Å². The average molecular weight is 251 g/mol. The lowest BCUT2D eigenvalue weighted by atomic mass is 10.0. The predicted molar refractivity (Wildman–Crippen MR) is 75.5 cm³/mol. The SMILES string of the molecule is CCCNC(CCCOC)Cc1ccnc(N)c1. The van der Waals surface area contributed by atoms with Gasteiger partial charge in [0.05, 0.1) is 0 Å². The van der Waals surface area contributed by atoms with Crippen molar-refractivity contribution in [1.29, 1.82) is 0 Å². The molecule has 4 nitrogen and oxygen atoms in total. The Bertz CT molecular complexity index is 331. The van der Waals surface area contributed by atoms with Crippen molar-refractivity contribution in [2.75, 3.05) is 26.0 Å². The number of nitrogen functional groups attached to an aromatic ring is 1. The topological polar surface area (TPSA) is 60.2 Å². The third kappa shape index (κ3) is 5.98. The van der Waals surface area contributed by atoms with Crippen molar-refractivity contribution >= 4 is 5.82 Å². The first kappa shape index (κ1) is 14.9. The van der Waals surface area contributed by atoms with Gasteiger partial charge in [0, 0.05) is 26.0 Å². The largest absolute Gasteiger partial charge is 0.385 e. The van der Waals surface area contributed by atoms with Gasteiger partial charge >= 0.3 is 0 Å². The molecule has 1 rings (SSSR count). The molecule has 1 atom stereocenters. The quantitative estimate of drug-likeness (QED) is 0.659. The zero-order valence-corrected chi connectivity index (χ0v) is 11.5. The summed E-state index contributed by atoms with van der Waals surface area (Å²) in [5.41, 5.74) is 6.95. The average Bonchev–Trinajstić information content (AvgIpc) is 2.36. The zero-order valence-electron chi connectivity index (χ0n) is 11.5. The Morgan fingerprint density at radius 2 is 2.33 bits per heavy atom. The van der Waals surface area contributed by atoms with Gasteiger partial charge in [0.25, 0.3) is 0 Å². The maximum atomic E-state index is 5.70. The lowest BCUT2D eigenvalue weighted by molar-refractivity contribution is 0.188. The van der Waals surface area contributed by atoms with Crippen LogP contribution in [0, 0.1) is 0 Å². The number of anilines is 1. The third-order valence-corrected chi connectivity index (χ3v) is 2.91. The van der Waals surface area contributed by atoms with E-state index in [0.717, 1.165) is 38.8 Å². The summed E-state index contributed by atoms with van der Waals surface area (Å²) in [5, 5.41) is 3.58. The molecule has 3 N–H and O–H groups in total. The van der Waals surface area contributed by atoms with Gasteiger partial charge in [-0.25, -0.2) is 4.98 Å². The molecule has 0 aliphatic heterocycles. The molecule has 1 aromatic heterocycles. The van der Waals surface area contributed by atoms with Gasteiger partial charge in [-0.3, -0.25) is 0 Å². The molecule has 1 unspecified atom stereocenters. The van der Waals surface area contributed by atoms with Gasteiger partial charge in [-0.15, -0.1) is 0 Å². The van der Waals surface area contributed by atoms with E-state index >= 15 is 0 Å². The number of pyridine rings is 1. The number of nitrogens with zero attached hydrogens (tertiary/aromatic N) is 1. The van der Waals surface area contributed by atoms with Crippen molar-refractivity contribution in [2.45, 2.75) is 38.6 Å². The Morgan fingerprint density at radius 1 is 1.50 bits per heavy atom. The molecule has 0 radical (unpaired) electrons. The minimum absolute atomic E-state index is 0.488. The van der Waals surface area contributed by atoms with E-state index in [1.54, 1.807) is 13.3 Å². The van der Waals surface area contributed by atoms with E-state index in [0.29, 0.717) is 11.9 Å². The lowest BCUT2D eigenvalue weighted by Crippen LogP contribution is -2.32. The van der Waals surface area contributed by atoms with Crippen LogP contribution in [0.15, 0.2) is 18.3 Å². The molecule has 0 bridgehead atoms. The molecule has 4 heteroatoms. The van der Waals surface area contributed by atoms with Crippen molar-refractivity contribution in [3.05, 3.63) is 23.9 Å². The van der Waals surface area contributed by atoms with Crippen LogP contribution in [0.5, 0.6) is 0 Å². The number of methoxy groups -OCH3 is 1. The predicted octanol–water partition coefficient (Wildman–Crippen LogP) is 2.00. The van der Waals surface area contributed by atoms with E-state index in [-0.39, 0.29) is 0 Å².